The minimum atomic E-state index is -5.11. The van der Waals surface area contributed by atoms with Crippen LogP contribution in [-0.2, 0) is 37.6 Å². The van der Waals surface area contributed by atoms with E-state index in [1.54, 1.807) is 60.7 Å². The van der Waals surface area contributed by atoms with Crippen LogP contribution in [0.2, 0.25) is 0 Å². The van der Waals surface area contributed by atoms with Crippen molar-refractivity contribution in [2.45, 2.75) is 9.79 Å². The van der Waals surface area contributed by atoms with Gasteiger partial charge in [-0.15, -0.1) is 0 Å². The van der Waals surface area contributed by atoms with Crippen molar-refractivity contribution in [3.63, 3.8) is 0 Å². The second kappa shape index (κ2) is 21.6. The molecule has 20 nitrogen and oxygen atoms in total. The van der Waals surface area contributed by atoms with E-state index in [1.807, 2.05) is 0 Å². The zero-order valence-corrected chi connectivity index (χ0v) is 37.1. The van der Waals surface area contributed by atoms with Crippen LogP contribution in [0.1, 0.15) is 0 Å². The SMILES string of the molecule is O=[N+]([O-])c1ccc2c(N=Nc3c([O-])ccc4ccccc34)c([O-])cc(S(=O)(=O)[O-])c2c1.O=[N+]([O-])c1ccc2c(N=Nc3c([O-])ccc4ccccc34)c([O-])cc(S(=O)(=O)[O-])c2c1.[Cr+3].[Li+].[Li+].[Li+]. The number of azo groups is 2. The molecule has 8 rings (SSSR count). The number of nitro benzene ring substituents is 2. The number of non-ortho nitro benzene ring substituents is 2. The second-order valence-electron chi connectivity index (χ2n) is 13.0. The molecule has 0 N–H and O–H groups in total. The molecule has 0 bridgehead atoms. The molecule has 0 fully saturated rings. The molecule has 0 aromatic heterocycles. The Hall–Kier alpha value is -5.86. The smallest absolute Gasteiger partial charge is 0.871 e. The maximum Gasteiger partial charge on any atom is 3.00 e. The van der Waals surface area contributed by atoms with Crippen LogP contribution in [0.25, 0.3) is 43.1 Å². The molecular formula is C40H20CrLi3N6O14S2. The first-order valence-corrected chi connectivity index (χ1v) is 20.1. The molecule has 26 heteroatoms. The third-order valence-electron chi connectivity index (χ3n) is 9.23. The Labute approximate surface area is 419 Å². The number of benzene rings is 8. The molecule has 66 heavy (non-hydrogen) atoms. The van der Waals surface area contributed by atoms with Gasteiger partial charge in [0.05, 0.1) is 42.4 Å². The average molecular weight is 946 g/mol. The summed E-state index contributed by atoms with van der Waals surface area (Å²) in [6.07, 6.45) is 0. The van der Waals surface area contributed by atoms with Gasteiger partial charge in [0.25, 0.3) is 11.4 Å². The number of nitro groups is 2. The van der Waals surface area contributed by atoms with Gasteiger partial charge in [-0.1, -0.05) is 95.8 Å². The molecule has 0 aliphatic carbocycles. The fraction of sp³-hybridized carbons (Fsp3) is 0. The zero-order chi connectivity index (χ0) is 44.7. The summed E-state index contributed by atoms with van der Waals surface area (Å²) in [6, 6.07) is 26.7. The fourth-order valence-corrected chi connectivity index (χ4v) is 7.78. The van der Waals surface area contributed by atoms with Crippen LogP contribution in [0.3, 0.4) is 0 Å². The van der Waals surface area contributed by atoms with E-state index in [9.17, 15) is 66.6 Å². The topological polar surface area (TPSA) is 342 Å². The van der Waals surface area contributed by atoms with Gasteiger partial charge in [-0.3, -0.25) is 20.2 Å². The van der Waals surface area contributed by atoms with Gasteiger partial charge < -0.3 is 29.5 Å². The number of fused-ring (bicyclic) bond motifs is 4. The number of nitrogens with zero attached hydrogens (tertiary/aromatic N) is 6. The number of hydrogen-bond acceptors (Lipinski definition) is 18. The summed E-state index contributed by atoms with van der Waals surface area (Å²) in [6.45, 7) is 0. The third kappa shape index (κ3) is 11.2. The van der Waals surface area contributed by atoms with E-state index in [1.165, 1.54) is 12.1 Å². The normalized spacial score (nSPS) is 11.3. The van der Waals surface area contributed by atoms with Crippen molar-refractivity contribution in [1.29, 1.82) is 0 Å². The summed E-state index contributed by atoms with van der Waals surface area (Å²) in [4.78, 5) is 18.8. The van der Waals surface area contributed by atoms with E-state index in [0.29, 0.717) is 33.7 Å². The van der Waals surface area contributed by atoms with Gasteiger partial charge in [0.15, 0.2) is 0 Å². The summed E-state index contributed by atoms with van der Waals surface area (Å²) >= 11 is 0. The van der Waals surface area contributed by atoms with Gasteiger partial charge in [-0.25, -0.2) is 16.8 Å². The van der Waals surface area contributed by atoms with Crippen LogP contribution >= 0.6 is 0 Å². The van der Waals surface area contributed by atoms with Crippen molar-refractivity contribution in [2.75, 3.05) is 0 Å². The molecule has 8 aromatic carbocycles. The average Bonchev–Trinajstić information content (AvgIpc) is 3.22. The van der Waals surface area contributed by atoms with Gasteiger partial charge in [0.2, 0.25) is 0 Å². The van der Waals surface area contributed by atoms with E-state index in [0.717, 1.165) is 36.4 Å². The summed E-state index contributed by atoms with van der Waals surface area (Å²) in [7, 11) is -10.2. The molecule has 1 radical (unpaired) electrons. The minimum absolute atomic E-state index is 0. The molecule has 0 amide bonds. The number of hydrogen-bond donors (Lipinski definition) is 0. The predicted octanol–water partition coefficient (Wildman–Crippen LogP) is -2.25. The molecule has 0 atom stereocenters. The quantitative estimate of drug-likeness (QED) is 0.0511. The molecule has 0 unspecified atom stereocenters. The Morgan fingerprint density at radius 1 is 0.394 bits per heavy atom. The molecule has 0 aliphatic rings. The zero-order valence-electron chi connectivity index (χ0n) is 34.2. The first-order chi connectivity index (χ1) is 29.3. The Morgan fingerprint density at radius 3 is 1.03 bits per heavy atom. The fourth-order valence-electron chi connectivity index (χ4n) is 6.40. The maximum atomic E-state index is 12.5. The van der Waals surface area contributed by atoms with Gasteiger partial charge in [0.1, 0.15) is 20.2 Å². The monoisotopic (exact) mass is 945 g/mol. The van der Waals surface area contributed by atoms with Crippen LogP contribution < -0.4 is 77.0 Å². The maximum absolute atomic E-state index is 12.5. The van der Waals surface area contributed by atoms with Crippen molar-refractivity contribution in [2.24, 2.45) is 20.5 Å². The summed E-state index contributed by atoms with van der Waals surface area (Å²) in [5, 5.41) is 88.8. The first-order valence-electron chi connectivity index (χ1n) is 17.3. The molecule has 8 aromatic rings. The van der Waals surface area contributed by atoms with Crippen LogP contribution in [0.5, 0.6) is 23.0 Å². The largest absolute Gasteiger partial charge is 3.00 e. The summed E-state index contributed by atoms with van der Waals surface area (Å²) in [5.74, 6) is -2.78. The van der Waals surface area contributed by atoms with Gasteiger partial charge >= 0.3 is 73.9 Å². The van der Waals surface area contributed by atoms with Gasteiger partial charge in [-0.05, 0) is 35.0 Å². The standard InChI is InChI=1S/2C20H13N3O7S.Cr.3Li/c2*24-16-8-5-11-3-1-2-4-13(11)19(16)21-22-20-14-7-6-12(23(26)27)9-15(14)18(10-17(20)25)31(28,29)30;;;;/h2*1-10,24-25H,(H,28,29,30);;;;/q;;+3;3*+1/p-6. The Morgan fingerprint density at radius 2 is 0.712 bits per heavy atom. The Kier molecular flexibility index (Phi) is 17.9. The Bertz CT molecular complexity index is 3290. The van der Waals surface area contributed by atoms with Gasteiger partial charge in [0, 0.05) is 56.6 Å². The van der Waals surface area contributed by atoms with Crippen molar-refractivity contribution in [3.05, 3.63) is 142 Å². The number of rotatable bonds is 8. The van der Waals surface area contributed by atoms with Crippen LogP contribution in [0.15, 0.2) is 152 Å². The second-order valence-corrected chi connectivity index (χ2v) is 15.7. The van der Waals surface area contributed by atoms with Crippen molar-refractivity contribution in [1.82, 2.24) is 0 Å². The van der Waals surface area contributed by atoms with Crippen LogP contribution in [-0.4, -0.2) is 35.8 Å². The molecule has 0 saturated heterocycles. The van der Waals surface area contributed by atoms with E-state index >= 15 is 0 Å². The summed E-state index contributed by atoms with van der Waals surface area (Å²) < 4.78 is 69.6. The molecule has 0 saturated carbocycles. The van der Waals surface area contributed by atoms with E-state index in [2.05, 4.69) is 20.5 Å². The van der Waals surface area contributed by atoms with Crippen LogP contribution in [0, 0.1) is 20.2 Å². The van der Waals surface area contributed by atoms with Gasteiger partial charge in [-0.2, -0.15) is 20.5 Å². The third-order valence-corrected chi connectivity index (χ3v) is 11.0. The van der Waals surface area contributed by atoms with Crippen LogP contribution in [0.4, 0.5) is 34.1 Å². The first kappa shape index (κ1) is 54.5. The predicted molar refractivity (Wildman–Crippen MR) is 211 cm³/mol. The minimum Gasteiger partial charge on any atom is -0.871 e. The molecular weight excluding hydrogens is 925 g/mol. The van der Waals surface area contributed by atoms with E-state index < -0.39 is 74.2 Å². The van der Waals surface area contributed by atoms with E-state index in [4.69, 9.17) is 0 Å². The molecule has 0 heterocycles. The van der Waals surface area contributed by atoms with Crippen molar-refractivity contribution < 1.29 is 130 Å². The molecule has 315 valence electrons. The summed E-state index contributed by atoms with van der Waals surface area (Å²) in [5.41, 5.74) is -1.74. The Balaban J connectivity index is 0.000000330. The van der Waals surface area contributed by atoms with E-state index in [-0.39, 0.29) is 118 Å². The van der Waals surface area contributed by atoms with Crippen molar-refractivity contribution >= 4 is 97.5 Å². The molecule has 0 aliphatic heterocycles. The molecule has 0 spiro atoms. The van der Waals surface area contributed by atoms with Crippen molar-refractivity contribution in [3.8, 4) is 23.0 Å².